The average molecular weight is 267 g/mol. The van der Waals surface area contributed by atoms with Gasteiger partial charge in [0.2, 0.25) is 0 Å². The summed E-state index contributed by atoms with van der Waals surface area (Å²) < 4.78 is 27.0. The summed E-state index contributed by atoms with van der Waals surface area (Å²) in [4.78, 5) is 10.9. The highest BCUT2D eigenvalue weighted by Gasteiger charge is 2.13. The SMILES string of the molecule is Cc1cc(-c2cc(Cl)ccc2C=O)c(F)cc1F. The number of benzene rings is 2. The number of carbonyl (C=O) groups is 1. The van der Waals surface area contributed by atoms with Gasteiger partial charge < -0.3 is 0 Å². The van der Waals surface area contributed by atoms with Crippen molar-refractivity contribution in [1.29, 1.82) is 0 Å². The fourth-order valence-electron chi connectivity index (χ4n) is 1.73. The van der Waals surface area contributed by atoms with Crippen molar-refractivity contribution in [2.24, 2.45) is 0 Å². The molecular weight excluding hydrogens is 258 g/mol. The van der Waals surface area contributed by atoms with Gasteiger partial charge in [-0.1, -0.05) is 11.6 Å². The molecule has 2 aromatic rings. The molecule has 0 saturated heterocycles. The van der Waals surface area contributed by atoms with Crippen molar-refractivity contribution in [3.63, 3.8) is 0 Å². The van der Waals surface area contributed by atoms with Crippen LogP contribution in [0.1, 0.15) is 15.9 Å². The number of aldehydes is 1. The zero-order chi connectivity index (χ0) is 13.3. The lowest BCUT2D eigenvalue weighted by Gasteiger charge is -2.09. The van der Waals surface area contributed by atoms with Crippen LogP contribution in [-0.2, 0) is 0 Å². The number of hydrogen-bond donors (Lipinski definition) is 0. The van der Waals surface area contributed by atoms with E-state index in [1.807, 2.05) is 0 Å². The normalized spacial score (nSPS) is 10.4. The van der Waals surface area contributed by atoms with Gasteiger partial charge in [-0.3, -0.25) is 4.79 Å². The van der Waals surface area contributed by atoms with Gasteiger partial charge in [0.05, 0.1) is 0 Å². The molecule has 0 radical (unpaired) electrons. The van der Waals surface area contributed by atoms with Crippen LogP contribution in [0.15, 0.2) is 30.3 Å². The number of hydrogen-bond acceptors (Lipinski definition) is 1. The highest BCUT2D eigenvalue weighted by Crippen LogP contribution is 2.30. The molecular formula is C14H9ClF2O. The monoisotopic (exact) mass is 266 g/mol. The molecule has 0 aromatic heterocycles. The molecule has 2 rings (SSSR count). The van der Waals surface area contributed by atoms with Crippen molar-refractivity contribution in [2.75, 3.05) is 0 Å². The van der Waals surface area contributed by atoms with Crippen LogP contribution < -0.4 is 0 Å². The molecule has 0 amide bonds. The molecule has 4 heteroatoms. The zero-order valence-corrected chi connectivity index (χ0v) is 10.3. The number of rotatable bonds is 2. The Morgan fingerprint density at radius 1 is 1.06 bits per heavy atom. The third-order valence-corrected chi connectivity index (χ3v) is 2.92. The maximum Gasteiger partial charge on any atom is 0.150 e. The lowest BCUT2D eigenvalue weighted by atomic mass is 9.98. The minimum absolute atomic E-state index is 0.165. The standard InChI is InChI=1S/C14H9ClF2O/c1-8-4-12(14(17)6-13(8)16)11-5-10(15)3-2-9(11)7-18/h2-7H,1H3. The lowest BCUT2D eigenvalue weighted by Crippen LogP contribution is -1.94. The van der Waals surface area contributed by atoms with Crippen LogP contribution >= 0.6 is 11.6 Å². The molecule has 0 fully saturated rings. The van der Waals surface area contributed by atoms with Gasteiger partial charge in [0.15, 0.2) is 6.29 Å². The van der Waals surface area contributed by atoms with Crippen molar-refractivity contribution in [3.05, 3.63) is 58.1 Å². The second kappa shape index (κ2) is 4.86. The Kier molecular flexibility index (Phi) is 3.43. The molecule has 0 spiro atoms. The smallest absolute Gasteiger partial charge is 0.150 e. The molecule has 18 heavy (non-hydrogen) atoms. The Labute approximate surface area is 108 Å². The first kappa shape index (κ1) is 12.7. The maximum absolute atomic E-state index is 13.8. The van der Waals surface area contributed by atoms with E-state index in [4.69, 9.17) is 11.6 Å². The zero-order valence-electron chi connectivity index (χ0n) is 9.51. The summed E-state index contributed by atoms with van der Waals surface area (Å²) in [5, 5.41) is 0.386. The quantitative estimate of drug-likeness (QED) is 0.736. The Balaban J connectivity index is 2.72. The first-order valence-corrected chi connectivity index (χ1v) is 5.61. The molecule has 1 nitrogen and oxygen atoms in total. The fourth-order valence-corrected chi connectivity index (χ4v) is 1.90. The molecule has 0 saturated carbocycles. The molecule has 0 unspecified atom stereocenters. The van der Waals surface area contributed by atoms with Gasteiger partial charge in [-0.15, -0.1) is 0 Å². The molecule has 0 heterocycles. The second-order valence-electron chi connectivity index (χ2n) is 3.93. The van der Waals surface area contributed by atoms with Crippen LogP contribution in [0.5, 0.6) is 0 Å². The molecule has 0 bridgehead atoms. The van der Waals surface area contributed by atoms with Gasteiger partial charge in [-0.2, -0.15) is 0 Å². The summed E-state index contributed by atoms with van der Waals surface area (Å²) in [6.07, 6.45) is 0.615. The number of carbonyl (C=O) groups excluding carboxylic acids is 1. The first-order chi connectivity index (χ1) is 8.52. The summed E-state index contributed by atoms with van der Waals surface area (Å²) in [6.45, 7) is 1.53. The molecule has 0 aliphatic heterocycles. The summed E-state index contributed by atoms with van der Waals surface area (Å²) in [5.74, 6) is -1.34. The molecule has 0 aliphatic carbocycles. The highest BCUT2D eigenvalue weighted by atomic mass is 35.5. The second-order valence-corrected chi connectivity index (χ2v) is 4.37. The van der Waals surface area contributed by atoms with E-state index in [0.29, 0.717) is 28.0 Å². The molecule has 0 aliphatic rings. The van der Waals surface area contributed by atoms with Gasteiger partial charge in [0.25, 0.3) is 0 Å². The van der Waals surface area contributed by atoms with E-state index in [-0.39, 0.29) is 5.56 Å². The van der Waals surface area contributed by atoms with Crippen molar-refractivity contribution < 1.29 is 13.6 Å². The third kappa shape index (κ3) is 2.27. The minimum Gasteiger partial charge on any atom is -0.298 e. The van der Waals surface area contributed by atoms with Crippen LogP contribution in [0.4, 0.5) is 8.78 Å². The van der Waals surface area contributed by atoms with Crippen LogP contribution in [0.25, 0.3) is 11.1 Å². The van der Waals surface area contributed by atoms with E-state index >= 15 is 0 Å². The predicted molar refractivity (Wildman–Crippen MR) is 66.9 cm³/mol. The van der Waals surface area contributed by atoms with E-state index in [1.54, 1.807) is 6.07 Å². The summed E-state index contributed by atoms with van der Waals surface area (Å²) in [6, 6.07) is 6.70. The molecule has 92 valence electrons. The fraction of sp³-hybridized carbons (Fsp3) is 0.0714. The Morgan fingerprint density at radius 3 is 2.44 bits per heavy atom. The molecule has 2 aromatic carbocycles. The Morgan fingerprint density at radius 2 is 1.78 bits per heavy atom. The predicted octanol–water partition coefficient (Wildman–Crippen LogP) is 4.41. The van der Waals surface area contributed by atoms with Gasteiger partial charge >= 0.3 is 0 Å². The van der Waals surface area contributed by atoms with Crippen LogP contribution in [0, 0.1) is 18.6 Å². The summed E-state index contributed by atoms with van der Waals surface area (Å²) >= 11 is 5.83. The highest BCUT2D eigenvalue weighted by molar-refractivity contribution is 6.31. The van der Waals surface area contributed by atoms with Gasteiger partial charge in [-0.25, -0.2) is 8.78 Å². The van der Waals surface area contributed by atoms with Gasteiger partial charge in [0.1, 0.15) is 11.6 Å². The Bertz CT molecular complexity index is 623. The summed E-state index contributed by atoms with van der Waals surface area (Å²) in [7, 11) is 0. The van der Waals surface area contributed by atoms with Crippen LogP contribution in [0.3, 0.4) is 0 Å². The van der Waals surface area contributed by atoms with Crippen molar-refractivity contribution in [3.8, 4) is 11.1 Å². The third-order valence-electron chi connectivity index (χ3n) is 2.68. The van der Waals surface area contributed by atoms with Gasteiger partial charge in [-0.05, 0) is 42.3 Å². The first-order valence-electron chi connectivity index (χ1n) is 5.23. The van der Waals surface area contributed by atoms with Gasteiger partial charge in [0, 0.05) is 22.2 Å². The largest absolute Gasteiger partial charge is 0.298 e. The van der Waals surface area contributed by atoms with Crippen LogP contribution in [0.2, 0.25) is 5.02 Å². The van der Waals surface area contributed by atoms with Crippen molar-refractivity contribution in [1.82, 2.24) is 0 Å². The van der Waals surface area contributed by atoms with E-state index in [0.717, 1.165) is 6.07 Å². The van der Waals surface area contributed by atoms with Crippen LogP contribution in [-0.4, -0.2) is 6.29 Å². The summed E-state index contributed by atoms with van der Waals surface area (Å²) in [5.41, 5.74) is 1.14. The van der Waals surface area contributed by atoms with E-state index < -0.39 is 11.6 Å². The topological polar surface area (TPSA) is 17.1 Å². The van der Waals surface area contributed by atoms with E-state index in [1.165, 1.54) is 25.1 Å². The Hall–Kier alpha value is -1.74. The van der Waals surface area contributed by atoms with Crippen molar-refractivity contribution in [2.45, 2.75) is 6.92 Å². The number of aryl methyl sites for hydroxylation is 1. The minimum atomic E-state index is -0.719. The molecule has 0 atom stereocenters. The number of halogens is 3. The van der Waals surface area contributed by atoms with E-state index in [9.17, 15) is 13.6 Å². The maximum atomic E-state index is 13.8. The van der Waals surface area contributed by atoms with E-state index in [2.05, 4.69) is 0 Å². The lowest BCUT2D eigenvalue weighted by molar-refractivity contribution is 0.112. The molecule has 0 N–H and O–H groups in total. The van der Waals surface area contributed by atoms with Crippen molar-refractivity contribution >= 4 is 17.9 Å². The average Bonchev–Trinajstić information content (AvgIpc) is 2.34.